The maximum absolute atomic E-state index is 13.5. The standard InChI is InChI=1S/C27H36N2O5/c1-19-24(18-34-29-19)25(30)17-23(20-7-5-3-2-4-6-8-20)26(31)28-22-11-9-21(10-12-22)27(32)13-15-33-16-14-27/h9-12,18,20,23,32H,2-8,13-17H2,1H3,(H,28,31). The fraction of sp³-hybridized carbons (Fsp3) is 0.593. The van der Waals surface area contributed by atoms with E-state index >= 15 is 0 Å². The number of ketones is 1. The lowest BCUT2D eigenvalue weighted by molar-refractivity contribution is -0.121. The van der Waals surface area contributed by atoms with E-state index in [9.17, 15) is 14.7 Å². The van der Waals surface area contributed by atoms with Gasteiger partial charge in [-0.05, 0) is 43.4 Å². The predicted molar refractivity (Wildman–Crippen MR) is 129 cm³/mol. The van der Waals surface area contributed by atoms with E-state index in [0.717, 1.165) is 31.2 Å². The molecule has 184 valence electrons. The highest BCUT2D eigenvalue weighted by molar-refractivity contribution is 6.01. The Bertz CT molecular complexity index is 954. The molecule has 4 rings (SSSR count). The number of carbonyl (C=O) groups excluding carboxylic acids is 2. The molecule has 7 nitrogen and oxygen atoms in total. The lowest BCUT2D eigenvalue weighted by Gasteiger charge is -2.32. The van der Waals surface area contributed by atoms with E-state index in [4.69, 9.17) is 9.26 Å². The van der Waals surface area contributed by atoms with E-state index in [1.807, 2.05) is 24.3 Å². The first-order valence-electron chi connectivity index (χ1n) is 12.6. The summed E-state index contributed by atoms with van der Waals surface area (Å²) in [7, 11) is 0. The SMILES string of the molecule is Cc1nocc1C(=O)CC(C(=O)Nc1ccc(C2(O)CCOCC2)cc1)C1CCCCCCC1. The Labute approximate surface area is 201 Å². The van der Waals surface area contributed by atoms with Gasteiger partial charge in [0.05, 0.1) is 16.9 Å². The summed E-state index contributed by atoms with van der Waals surface area (Å²) in [6.45, 7) is 2.82. The molecule has 2 aliphatic rings. The van der Waals surface area contributed by atoms with Crippen molar-refractivity contribution in [3.05, 3.63) is 47.3 Å². The maximum Gasteiger partial charge on any atom is 0.228 e. The third kappa shape index (κ3) is 5.94. The molecule has 1 aromatic carbocycles. The highest BCUT2D eigenvalue weighted by atomic mass is 16.5. The van der Waals surface area contributed by atoms with Crippen molar-refractivity contribution in [1.29, 1.82) is 0 Å². The predicted octanol–water partition coefficient (Wildman–Crippen LogP) is 5.17. The van der Waals surface area contributed by atoms with Crippen LogP contribution in [0.4, 0.5) is 5.69 Å². The molecule has 1 atom stereocenters. The van der Waals surface area contributed by atoms with Gasteiger partial charge in [-0.15, -0.1) is 0 Å². The third-order valence-corrected chi connectivity index (χ3v) is 7.52. The van der Waals surface area contributed by atoms with E-state index < -0.39 is 11.5 Å². The van der Waals surface area contributed by atoms with E-state index in [-0.39, 0.29) is 24.0 Å². The van der Waals surface area contributed by atoms with Crippen LogP contribution in [0.15, 0.2) is 35.1 Å². The van der Waals surface area contributed by atoms with Crippen molar-refractivity contribution in [2.24, 2.45) is 11.8 Å². The number of hydrogen-bond acceptors (Lipinski definition) is 6. The normalized spacial score (nSPS) is 20.2. The van der Waals surface area contributed by atoms with Gasteiger partial charge >= 0.3 is 0 Å². The molecule has 2 fully saturated rings. The molecule has 1 unspecified atom stereocenters. The number of benzene rings is 1. The second-order valence-electron chi connectivity index (χ2n) is 9.86. The Morgan fingerprint density at radius 1 is 1.09 bits per heavy atom. The number of aromatic nitrogens is 1. The highest BCUT2D eigenvalue weighted by Gasteiger charge is 2.33. The smallest absolute Gasteiger partial charge is 0.228 e. The Morgan fingerprint density at radius 2 is 1.74 bits per heavy atom. The molecule has 7 heteroatoms. The van der Waals surface area contributed by atoms with Gasteiger partial charge in [0.15, 0.2) is 5.78 Å². The molecule has 1 saturated carbocycles. The van der Waals surface area contributed by atoms with Crippen molar-refractivity contribution in [1.82, 2.24) is 5.16 Å². The largest absolute Gasteiger partial charge is 0.385 e. The second kappa shape index (κ2) is 11.3. The minimum Gasteiger partial charge on any atom is -0.385 e. The van der Waals surface area contributed by atoms with Crippen LogP contribution < -0.4 is 5.32 Å². The van der Waals surface area contributed by atoms with Crippen molar-refractivity contribution in [2.75, 3.05) is 18.5 Å². The fourth-order valence-corrected chi connectivity index (χ4v) is 5.33. The van der Waals surface area contributed by atoms with Gasteiger partial charge in [-0.2, -0.15) is 0 Å². The third-order valence-electron chi connectivity index (χ3n) is 7.52. The summed E-state index contributed by atoms with van der Waals surface area (Å²) in [5.74, 6) is -0.450. The van der Waals surface area contributed by atoms with Crippen LogP contribution in [-0.2, 0) is 15.1 Å². The maximum atomic E-state index is 13.5. The summed E-state index contributed by atoms with van der Waals surface area (Å²) in [4.78, 5) is 26.5. The van der Waals surface area contributed by atoms with Gasteiger partial charge < -0.3 is 19.7 Å². The molecule has 1 aliphatic heterocycles. The minimum absolute atomic E-state index is 0.0990. The number of amides is 1. The van der Waals surface area contributed by atoms with Gasteiger partial charge in [0.2, 0.25) is 5.91 Å². The number of aliphatic hydroxyl groups is 1. The first-order chi connectivity index (χ1) is 16.5. The summed E-state index contributed by atoms with van der Waals surface area (Å²) in [6.07, 6.45) is 10.4. The van der Waals surface area contributed by atoms with E-state index in [0.29, 0.717) is 43.0 Å². The monoisotopic (exact) mass is 468 g/mol. The molecule has 1 amide bonds. The van der Waals surface area contributed by atoms with Crippen molar-refractivity contribution in [3.8, 4) is 0 Å². The van der Waals surface area contributed by atoms with E-state index in [1.54, 1.807) is 6.92 Å². The van der Waals surface area contributed by atoms with Crippen LogP contribution in [0, 0.1) is 18.8 Å². The summed E-state index contributed by atoms with van der Waals surface area (Å²) < 4.78 is 10.3. The summed E-state index contributed by atoms with van der Waals surface area (Å²) >= 11 is 0. The van der Waals surface area contributed by atoms with Crippen LogP contribution in [0.5, 0.6) is 0 Å². The molecule has 34 heavy (non-hydrogen) atoms. The van der Waals surface area contributed by atoms with Gasteiger partial charge in [0, 0.05) is 44.1 Å². The molecule has 2 aromatic rings. The van der Waals surface area contributed by atoms with E-state index in [2.05, 4.69) is 10.5 Å². The summed E-state index contributed by atoms with van der Waals surface area (Å²) in [5, 5.41) is 17.8. The Morgan fingerprint density at radius 3 is 2.35 bits per heavy atom. The van der Waals surface area contributed by atoms with Crippen molar-refractivity contribution < 1.29 is 24.0 Å². The van der Waals surface area contributed by atoms with Crippen molar-refractivity contribution in [3.63, 3.8) is 0 Å². The zero-order chi connectivity index (χ0) is 24.0. The van der Waals surface area contributed by atoms with Gasteiger partial charge in [-0.25, -0.2) is 0 Å². The van der Waals surface area contributed by atoms with Crippen molar-refractivity contribution in [2.45, 2.75) is 76.7 Å². The number of nitrogens with one attached hydrogen (secondary N) is 1. The zero-order valence-electron chi connectivity index (χ0n) is 20.1. The summed E-state index contributed by atoms with van der Waals surface area (Å²) in [5.41, 5.74) is 1.64. The number of rotatable bonds is 7. The van der Waals surface area contributed by atoms with E-state index in [1.165, 1.54) is 25.5 Å². The van der Waals surface area contributed by atoms with Crippen LogP contribution in [0.2, 0.25) is 0 Å². The first kappa shape index (κ1) is 24.6. The number of hydrogen-bond donors (Lipinski definition) is 2. The molecule has 1 saturated heterocycles. The molecule has 1 aliphatic carbocycles. The molecule has 0 radical (unpaired) electrons. The Hall–Kier alpha value is -2.51. The highest BCUT2D eigenvalue weighted by Crippen LogP contribution is 2.34. The Kier molecular flexibility index (Phi) is 8.16. The average molecular weight is 469 g/mol. The van der Waals surface area contributed by atoms with Crippen molar-refractivity contribution >= 4 is 17.4 Å². The fourth-order valence-electron chi connectivity index (χ4n) is 5.33. The molecule has 2 N–H and O–H groups in total. The van der Waals surface area contributed by atoms with Gasteiger partial charge in [-0.1, -0.05) is 49.4 Å². The first-order valence-corrected chi connectivity index (χ1v) is 12.6. The molecule has 0 bridgehead atoms. The quantitative estimate of drug-likeness (QED) is 0.544. The molecular weight excluding hydrogens is 432 g/mol. The average Bonchev–Trinajstić information content (AvgIpc) is 3.24. The van der Waals surface area contributed by atoms with Gasteiger partial charge in [0.25, 0.3) is 0 Å². The second-order valence-corrected chi connectivity index (χ2v) is 9.86. The zero-order valence-corrected chi connectivity index (χ0v) is 20.1. The van der Waals surface area contributed by atoms with Crippen LogP contribution in [-0.4, -0.2) is 35.2 Å². The molecular formula is C27H36N2O5. The number of aryl methyl sites for hydroxylation is 1. The lowest BCUT2D eigenvalue weighted by atomic mass is 9.78. The minimum atomic E-state index is -0.884. The number of carbonyl (C=O) groups is 2. The number of nitrogens with zero attached hydrogens (tertiary/aromatic N) is 1. The van der Waals surface area contributed by atoms with Crippen LogP contribution in [0.3, 0.4) is 0 Å². The number of Topliss-reactive ketones (excluding diaryl/α,β-unsaturated/α-hetero) is 1. The Balaban J connectivity index is 1.48. The molecule has 2 heterocycles. The van der Waals surface area contributed by atoms with Crippen LogP contribution in [0.25, 0.3) is 0 Å². The van der Waals surface area contributed by atoms with Gasteiger partial charge in [-0.3, -0.25) is 9.59 Å². The number of anilines is 1. The number of ether oxygens (including phenoxy) is 1. The van der Waals surface area contributed by atoms with Gasteiger partial charge in [0.1, 0.15) is 6.26 Å². The molecule has 0 spiro atoms. The van der Waals surface area contributed by atoms with Crippen LogP contribution >= 0.6 is 0 Å². The molecule has 1 aromatic heterocycles. The lowest BCUT2D eigenvalue weighted by Crippen LogP contribution is -2.33. The summed E-state index contributed by atoms with van der Waals surface area (Å²) in [6, 6.07) is 7.42. The van der Waals surface area contributed by atoms with Crippen LogP contribution in [0.1, 0.15) is 85.8 Å². The topological polar surface area (TPSA) is 102 Å².